The Bertz CT molecular complexity index is 1890. The topological polar surface area (TPSA) is 127 Å². The number of aromatic nitrogens is 4. The molecule has 2 atom stereocenters. The maximum Gasteiger partial charge on any atom is 0.410 e. The van der Waals surface area contributed by atoms with Gasteiger partial charge < -0.3 is 19.8 Å². The van der Waals surface area contributed by atoms with Crippen molar-refractivity contribution in [1.29, 1.82) is 0 Å². The number of nitrogens with one attached hydrogen (secondary N) is 2. The van der Waals surface area contributed by atoms with Gasteiger partial charge in [0.15, 0.2) is 0 Å². The quantitative estimate of drug-likeness (QED) is 0.197. The van der Waals surface area contributed by atoms with Crippen molar-refractivity contribution in [1.82, 2.24) is 29.7 Å². The van der Waals surface area contributed by atoms with E-state index >= 15 is 0 Å². The molecule has 0 radical (unpaired) electrons. The van der Waals surface area contributed by atoms with Crippen molar-refractivity contribution in [3.63, 3.8) is 0 Å². The number of amides is 2. The van der Waals surface area contributed by atoms with Gasteiger partial charge in [-0.2, -0.15) is 0 Å². The largest absolute Gasteiger partial charge is 0.465 e. The van der Waals surface area contributed by atoms with Crippen LogP contribution < -0.4 is 0 Å². The van der Waals surface area contributed by atoms with Gasteiger partial charge in [0.25, 0.3) is 0 Å². The number of hydrogen-bond acceptors (Lipinski definition) is 5. The minimum Gasteiger partial charge on any atom is -0.465 e. The molecule has 2 saturated heterocycles. The number of benzene rings is 3. The van der Waals surface area contributed by atoms with Gasteiger partial charge in [-0.1, -0.05) is 30.3 Å². The number of rotatable bonds is 4. The van der Waals surface area contributed by atoms with E-state index in [-0.39, 0.29) is 18.2 Å². The van der Waals surface area contributed by atoms with E-state index in [2.05, 4.69) is 63.5 Å². The summed E-state index contributed by atoms with van der Waals surface area (Å²) in [6, 6.07) is 18.6. The fourth-order valence-corrected chi connectivity index (χ4v) is 6.48. The van der Waals surface area contributed by atoms with Crippen molar-refractivity contribution < 1.29 is 19.4 Å². The predicted molar refractivity (Wildman–Crippen MR) is 168 cm³/mol. The van der Waals surface area contributed by atoms with E-state index in [0.717, 1.165) is 75.7 Å². The number of fused-ring (bicyclic) bond motifs is 2. The molecule has 7 rings (SSSR count). The minimum atomic E-state index is -0.908. The van der Waals surface area contributed by atoms with Crippen LogP contribution >= 0.6 is 0 Å². The third-order valence-electron chi connectivity index (χ3n) is 8.59. The van der Waals surface area contributed by atoms with Gasteiger partial charge in [-0.05, 0) is 92.6 Å². The number of ether oxygens (including phenoxy) is 1. The number of aromatic amines is 2. The first-order valence-electron chi connectivity index (χ1n) is 15.2. The summed E-state index contributed by atoms with van der Waals surface area (Å²) in [5, 5.41) is 11.8. The van der Waals surface area contributed by atoms with E-state index in [1.165, 1.54) is 4.90 Å². The summed E-state index contributed by atoms with van der Waals surface area (Å²) in [5.41, 5.74) is 5.24. The number of likely N-dealkylation sites (tertiary alicyclic amines) is 2. The van der Waals surface area contributed by atoms with E-state index in [1.54, 1.807) is 11.1 Å². The number of carbonyl (C=O) groups excluding carboxylic acids is 1. The van der Waals surface area contributed by atoms with Crippen molar-refractivity contribution in [3.8, 4) is 22.4 Å². The molecule has 2 amide bonds. The van der Waals surface area contributed by atoms with E-state index in [9.17, 15) is 14.7 Å². The van der Waals surface area contributed by atoms with Crippen LogP contribution in [0.4, 0.5) is 9.59 Å². The Morgan fingerprint density at radius 2 is 1.50 bits per heavy atom. The molecule has 10 nitrogen and oxygen atoms in total. The van der Waals surface area contributed by atoms with Crippen LogP contribution in [0, 0.1) is 0 Å². The zero-order valence-corrected chi connectivity index (χ0v) is 25.1. The van der Waals surface area contributed by atoms with Crippen molar-refractivity contribution in [3.05, 3.63) is 72.4 Å². The summed E-state index contributed by atoms with van der Waals surface area (Å²) in [4.78, 5) is 44.0. The van der Waals surface area contributed by atoms with Gasteiger partial charge in [-0.15, -0.1) is 0 Å². The van der Waals surface area contributed by atoms with Crippen LogP contribution in [-0.2, 0) is 4.74 Å². The number of nitrogens with zero attached hydrogens (tertiary/aromatic N) is 4. The molecule has 2 aliphatic rings. The lowest BCUT2D eigenvalue weighted by molar-refractivity contribution is 0.0219. The molecule has 5 aromatic rings. The number of hydrogen-bond donors (Lipinski definition) is 3. The Labute approximate surface area is 255 Å². The smallest absolute Gasteiger partial charge is 0.410 e. The van der Waals surface area contributed by atoms with Crippen LogP contribution in [0.15, 0.2) is 60.8 Å². The van der Waals surface area contributed by atoms with Gasteiger partial charge in [0.2, 0.25) is 0 Å². The van der Waals surface area contributed by atoms with Gasteiger partial charge in [-0.25, -0.2) is 19.6 Å². The molecule has 0 spiro atoms. The zero-order valence-electron chi connectivity index (χ0n) is 25.1. The maximum atomic E-state index is 12.9. The average Bonchev–Trinajstić information content (AvgIpc) is 3.80. The molecule has 4 heterocycles. The number of imidazole rings is 2. The summed E-state index contributed by atoms with van der Waals surface area (Å²) in [5.74, 6) is 1.47. The molecule has 0 aliphatic carbocycles. The van der Waals surface area contributed by atoms with Gasteiger partial charge in [0.1, 0.15) is 17.2 Å². The van der Waals surface area contributed by atoms with Crippen molar-refractivity contribution in [2.75, 3.05) is 13.1 Å². The van der Waals surface area contributed by atoms with Crippen LogP contribution in [-0.4, -0.2) is 65.7 Å². The normalized spacial score (nSPS) is 18.9. The Hall–Kier alpha value is -4.86. The molecule has 0 saturated carbocycles. The van der Waals surface area contributed by atoms with E-state index < -0.39 is 11.7 Å². The second-order valence-corrected chi connectivity index (χ2v) is 12.8. The number of H-pyrrole nitrogens is 2. The highest BCUT2D eigenvalue weighted by Gasteiger charge is 2.35. The molecule has 3 aromatic carbocycles. The average molecular weight is 593 g/mol. The molecule has 10 heteroatoms. The molecule has 2 fully saturated rings. The van der Waals surface area contributed by atoms with Gasteiger partial charge in [0, 0.05) is 18.7 Å². The summed E-state index contributed by atoms with van der Waals surface area (Å²) in [7, 11) is 0. The van der Waals surface area contributed by atoms with Crippen LogP contribution in [0.2, 0.25) is 0 Å². The van der Waals surface area contributed by atoms with Crippen molar-refractivity contribution in [2.45, 2.75) is 64.1 Å². The van der Waals surface area contributed by atoms with Gasteiger partial charge in [-0.3, -0.25) is 9.80 Å². The molecular formula is C34H36N6O4. The third kappa shape index (κ3) is 5.25. The SMILES string of the molecule is CC(C)(C)OC(=O)N1CCCC1c1nc2ccc(-c3ccc4ccc(-c5cnc(C6CCCN6C(=O)O)[nH]5)cc4c3)cc2[nH]1. The second kappa shape index (κ2) is 10.7. The molecule has 3 N–H and O–H groups in total. The Morgan fingerprint density at radius 3 is 2.25 bits per heavy atom. The highest BCUT2D eigenvalue weighted by Crippen LogP contribution is 2.35. The first-order valence-corrected chi connectivity index (χ1v) is 15.2. The van der Waals surface area contributed by atoms with Crippen LogP contribution in [0.3, 0.4) is 0 Å². The highest BCUT2D eigenvalue weighted by atomic mass is 16.6. The van der Waals surface area contributed by atoms with E-state index in [1.807, 2.05) is 26.8 Å². The molecule has 2 unspecified atom stereocenters. The zero-order chi connectivity index (χ0) is 30.6. The minimum absolute atomic E-state index is 0.136. The van der Waals surface area contributed by atoms with Gasteiger partial charge in [0.05, 0.1) is 35.0 Å². The first kappa shape index (κ1) is 27.9. The van der Waals surface area contributed by atoms with Crippen molar-refractivity contribution >= 4 is 34.0 Å². The molecular weight excluding hydrogens is 556 g/mol. The molecule has 226 valence electrons. The fourth-order valence-electron chi connectivity index (χ4n) is 6.48. The maximum absolute atomic E-state index is 12.9. The molecule has 0 bridgehead atoms. The predicted octanol–water partition coefficient (Wildman–Crippen LogP) is 7.66. The summed E-state index contributed by atoms with van der Waals surface area (Å²) in [6.45, 7) is 6.83. The Kier molecular flexibility index (Phi) is 6.79. The van der Waals surface area contributed by atoms with E-state index in [4.69, 9.17) is 9.72 Å². The van der Waals surface area contributed by atoms with Crippen LogP contribution in [0.5, 0.6) is 0 Å². The van der Waals surface area contributed by atoms with Crippen LogP contribution in [0.1, 0.15) is 70.2 Å². The van der Waals surface area contributed by atoms with Gasteiger partial charge >= 0.3 is 12.2 Å². The standard InChI is InChI=1S/C34H36N6O4/c1-34(2,3)44-33(43)40-15-5-7-29(40)31-36-25-13-12-22(18-26(25)37-31)21-10-8-20-9-11-23(17-24(20)16-21)27-19-35-30(38-27)28-6-4-14-39(28)32(41)42/h8-13,16-19,28-29H,4-7,14-15H2,1-3H3,(H,35,38)(H,36,37)(H,41,42). The fraction of sp³-hybridized carbons (Fsp3) is 0.353. The molecule has 2 aromatic heterocycles. The molecule has 2 aliphatic heterocycles. The lowest BCUT2D eigenvalue weighted by Crippen LogP contribution is -2.36. The summed E-state index contributed by atoms with van der Waals surface area (Å²) in [6.07, 6.45) is 3.94. The highest BCUT2D eigenvalue weighted by molar-refractivity contribution is 5.92. The van der Waals surface area contributed by atoms with E-state index in [0.29, 0.717) is 18.9 Å². The Balaban J connectivity index is 1.15. The first-order chi connectivity index (χ1) is 21.1. The van der Waals surface area contributed by atoms with Crippen LogP contribution in [0.25, 0.3) is 44.2 Å². The monoisotopic (exact) mass is 592 g/mol. The lowest BCUT2D eigenvalue weighted by Gasteiger charge is -2.27. The summed E-state index contributed by atoms with van der Waals surface area (Å²) < 4.78 is 5.65. The summed E-state index contributed by atoms with van der Waals surface area (Å²) >= 11 is 0. The molecule has 44 heavy (non-hydrogen) atoms. The lowest BCUT2D eigenvalue weighted by atomic mass is 9.99. The Morgan fingerprint density at radius 1 is 0.841 bits per heavy atom. The number of carboxylic acid groups (broad SMARTS) is 1. The van der Waals surface area contributed by atoms with Crippen molar-refractivity contribution in [2.24, 2.45) is 0 Å². The number of carbonyl (C=O) groups is 2. The second-order valence-electron chi connectivity index (χ2n) is 12.8. The third-order valence-corrected chi connectivity index (χ3v) is 8.59.